The molecule has 0 radical (unpaired) electrons. The molecule has 19 heavy (non-hydrogen) atoms. The topological polar surface area (TPSA) is 92.6 Å². The second-order valence-corrected chi connectivity index (χ2v) is 4.12. The van der Waals surface area contributed by atoms with Gasteiger partial charge in [-0.05, 0) is 0 Å². The molecule has 2 rings (SSSR count). The van der Waals surface area contributed by atoms with E-state index in [9.17, 15) is 24.1 Å². The van der Waals surface area contributed by atoms with Crippen molar-refractivity contribution in [2.75, 3.05) is 13.1 Å². The van der Waals surface area contributed by atoms with Crippen LogP contribution in [0.25, 0.3) is 0 Å². The highest BCUT2D eigenvalue weighted by Crippen LogP contribution is 2.21. The summed E-state index contributed by atoms with van der Waals surface area (Å²) in [5.41, 5.74) is -0.540. The minimum Gasteiger partial charge on any atom is -0.294 e. The van der Waals surface area contributed by atoms with Crippen LogP contribution in [0.4, 0.5) is 10.1 Å². The number of carbonyl (C=O) groups is 2. The molecule has 7 nitrogen and oxygen atoms in total. The van der Waals surface area contributed by atoms with E-state index in [2.05, 4.69) is 5.32 Å². The molecule has 1 heterocycles. The zero-order valence-corrected chi connectivity index (χ0v) is 9.76. The number of piperazine rings is 1. The van der Waals surface area contributed by atoms with Crippen molar-refractivity contribution in [1.29, 1.82) is 0 Å². The van der Waals surface area contributed by atoms with Crippen LogP contribution in [0, 0.1) is 15.9 Å². The summed E-state index contributed by atoms with van der Waals surface area (Å²) < 4.78 is 13.8. The van der Waals surface area contributed by atoms with E-state index in [0.29, 0.717) is 0 Å². The van der Waals surface area contributed by atoms with Gasteiger partial charge in [0.15, 0.2) is 0 Å². The number of benzene rings is 1. The van der Waals surface area contributed by atoms with Gasteiger partial charge >= 0.3 is 5.69 Å². The van der Waals surface area contributed by atoms with E-state index in [4.69, 9.17) is 0 Å². The van der Waals surface area contributed by atoms with Crippen molar-refractivity contribution >= 4 is 17.5 Å². The fourth-order valence-corrected chi connectivity index (χ4v) is 1.88. The second-order valence-electron chi connectivity index (χ2n) is 4.12. The minimum absolute atomic E-state index is 0.0350. The molecule has 0 aliphatic carbocycles. The number of rotatable bonds is 3. The SMILES string of the molecule is O=C1CN(Cc2cccc([N+](=O)[O-])c2F)CC(=O)N1. The lowest BCUT2D eigenvalue weighted by molar-refractivity contribution is -0.387. The Morgan fingerprint density at radius 1 is 1.32 bits per heavy atom. The molecule has 0 saturated carbocycles. The first-order chi connectivity index (χ1) is 8.97. The van der Waals surface area contributed by atoms with Crippen molar-refractivity contribution < 1.29 is 18.9 Å². The molecule has 0 unspecified atom stereocenters. The van der Waals surface area contributed by atoms with E-state index in [-0.39, 0.29) is 25.2 Å². The Balaban J connectivity index is 2.19. The Labute approximate surface area is 107 Å². The highest BCUT2D eigenvalue weighted by atomic mass is 19.1. The summed E-state index contributed by atoms with van der Waals surface area (Å²) in [6.07, 6.45) is 0. The Kier molecular flexibility index (Phi) is 3.52. The summed E-state index contributed by atoms with van der Waals surface area (Å²) in [5.74, 6) is -1.88. The number of amides is 2. The summed E-state index contributed by atoms with van der Waals surface area (Å²) in [6.45, 7) is -0.131. The van der Waals surface area contributed by atoms with Gasteiger partial charge in [0.2, 0.25) is 17.6 Å². The van der Waals surface area contributed by atoms with Crippen LogP contribution in [0.2, 0.25) is 0 Å². The Hall–Kier alpha value is -2.35. The largest absolute Gasteiger partial charge is 0.305 e. The molecule has 1 saturated heterocycles. The summed E-state index contributed by atoms with van der Waals surface area (Å²) in [5, 5.41) is 12.7. The normalized spacial score (nSPS) is 16.3. The molecule has 8 heteroatoms. The molecule has 2 amide bonds. The third-order valence-corrected chi connectivity index (χ3v) is 2.66. The van der Waals surface area contributed by atoms with E-state index in [1.165, 1.54) is 17.0 Å². The molecular formula is C11H10FN3O4. The maximum absolute atomic E-state index is 13.8. The monoisotopic (exact) mass is 267 g/mol. The first-order valence-electron chi connectivity index (χ1n) is 5.44. The molecule has 1 N–H and O–H groups in total. The maximum Gasteiger partial charge on any atom is 0.305 e. The molecule has 1 fully saturated rings. The molecule has 1 aromatic carbocycles. The van der Waals surface area contributed by atoms with Gasteiger partial charge < -0.3 is 0 Å². The van der Waals surface area contributed by atoms with Crippen LogP contribution in [-0.4, -0.2) is 34.7 Å². The predicted molar refractivity (Wildman–Crippen MR) is 61.5 cm³/mol. The van der Waals surface area contributed by atoms with Crippen LogP contribution in [-0.2, 0) is 16.1 Å². The van der Waals surface area contributed by atoms with E-state index >= 15 is 0 Å². The van der Waals surface area contributed by atoms with Crippen LogP contribution in [0.3, 0.4) is 0 Å². The smallest absolute Gasteiger partial charge is 0.294 e. The van der Waals surface area contributed by atoms with Crippen molar-refractivity contribution in [3.05, 3.63) is 39.7 Å². The van der Waals surface area contributed by atoms with Gasteiger partial charge in [-0.1, -0.05) is 12.1 Å². The maximum atomic E-state index is 13.8. The van der Waals surface area contributed by atoms with E-state index in [1.54, 1.807) is 0 Å². The summed E-state index contributed by atoms with van der Waals surface area (Å²) >= 11 is 0. The van der Waals surface area contributed by atoms with Gasteiger partial charge in [-0.25, -0.2) is 0 Å². The Morgan fingerprint density at radius 3 is 2.53 bits per heavy atom. The van der Waals surface area contributed by atoms with Gasteiger partial charge in [0.25, 0.3) is 0 Å². The second kappa shape index (κ2) is 5.11. The van der Waals surface area contributed by atoms with Gasteiger partial charge in [-0.15, -0.1) is 0 Å². The number of hydrogen-bond acceptors (Lipinski definition) is 5. The van der Waals surface area contributed by atoms with Crippen molar-refractivity contribution in [2.24, 2.45) is 0 Å². The summed E-state index contributed by atoms with van der Waals surface area (Å²) in [7, 11) is 0. The van der Waals surface area contributed by atoms with Crippen molar-refractivity contribution in [2.45, 2.75) is 6.54 Å². The van der Waals surface area contributed by atoms with Crippen LogP contribution >= 0.6 is 0 Å². The lowest BCUT2D eigenvalue weighted by Gasteiger charge is -2.25. The number of carbonyl (C=O) groups excluding carboxylic acids is 2. The highest BCUT2D eigenvalue weighted by molar-refractivity contribution is 5.99. The number of nitro groups is 1. The molecule has 0 atom stereocenters. The molecule has 1 aromatic rings. The number of nitrogens with one attached hydrogen (secondary N) is 1. The first kappa shape index (κ1) is 13.1. The lowest BCUT2D eigenvalue weighted by atomic mass is 10.1. The van der Waals surface area contributed by atoms with Crippen molar-refractivity contribution in [3.8, 4) is 0 Å². The molecule has 0 spiro atoms. The van der Waals surface area contributed by atoms with Crippen LogP contribution in [0.5, 0.6) is 0 Å². The van der Waals surface area contributed by atoms with Gasteiger partial charge in [0.05, 0.1) is 18.0 Å². The molecule has 0 bridgehead atoms. The van der Waals surface area contributed by atoms with Gasteiger partial charge in [0, 0.05) is 18.2 Å². The standard InChI is InChI=1S/C11H10FN3O4/c12-11-7(2-1-3-8(11)15(18)19)4-14-5-9(16)13-10(17)6-14/h1-3H,4-6H2,(H,13,16,17). The quantitative estimate of drug-likeness (QED) is 0.479. The molecule has 0 aromatic heterocycles. The van der Waals surface area contributed by atoms with Crippen LogP contribution in [0.1, 0.15) is 5.56 Å². The highest BCUT2D eigenvalue weighted by Gasteiger charge is 2.25. The van der Waals surface area contributed by atoms with E-state index < -0.39 is 28.2 Å². The molecular weight excluding hydrogens is 257 g/mol. The van der Waals surface area contributed by atoms with Gasteiger partial charge in [-0.2, -0.15) is 4.39 Å². The lowest BCUT2D eigenvalue weighted by Crippen LogP contribution is -2.50. The third-order valence-electron chi connectivity index (χ3n) is 2.66. The molecule has 100 valence electrons. The minimum atomic E-state index is -0.939. The van der Waals surface area contributed by atoms with Gasteiger partial charge in [-0.3, -0.25) is 29.9 Å². The molecule has 1 aliphatic heterocycles. The fourth-order valence-electron chi connectivity index (χ4n) is 1.88. The zero-order chi connectivity index (χ0) is 14.0. The Bertz CT molecular complexity index is 545. The molecule has 1 aliphatic rings. The third kappa shape index (κ3) is 2.91. The van der Waals surface area contributed by atoms with Crippen molar-refractivity contribution in [3.63, 3.8) is 0 Å². The number of imide groups is 1. The zero-order valence-electron chi connectivity index (χ0n) is 9.76. The number of nitro benzene ring substituents is 1. The number of halogens is 1. The van der Waals surface area contributed by atoms with Crippen LogP contribution < -0.4 is 5.32 Å². The van der Waals surface area contributed by atoms with Crippen LogP contribution in [0.15, 0.2) is 18.2 Å². The van der Waals surface area contributed by atoms with Gasteiger partial charge in [0.1, 0.15) is 0 Å². The van der Waals surface area contributed by atoms with E-state index in [0.717, 1.165) is 6.07 Å². The summed E-state index contributed by atoms with van der Waals surface area (Å²) in [4.78, 5) is 33.5. The predicted octanol–water partition coefficient (Wildman–Crippen LogP) is 0.192. The van der Waals surface area contributed by atoms with E-state index in [1.807, 2.05) is 0 Å². The fraction of sp³-hybridized carbons (Fsp3) is 0.273. The number of nitrogens with zero attached hydrogens (tertiary/aromatic N) is 2. The summed E-state index contributed by atoms with van der Waals surface area (Å²) in [6, 6.07) is 3.81. The average Bonchev–Trinajstić information content (AvgIpc) is 2.30. The van der Waals surface area contributed by atoms with Crippen molar-refractivity contribution in [1.82, 2.24) is 10.2 Å². The Morgan fingerprint density at radius 2 is 1.95 bits per heavy atom. The average molecular weight is 267 g/mol. The number of hydrogen-bond donors (Lipinski definition) is 1. The first-order valence-corrected chi connectivity index (χ1v) is 5.44.